The maximum absolute atomic E-state index is 9.60. The molecule has 1 unspecified atom stereocenters. The van der Waals surface area contributed by atoms with E-state index >= 15 is 0 Å². The molecule has 3 heteroatoms. The summed E-state index contributed by atoms with van der Waals surface area (Å²) in [5.74, 6) is 0. The Balaban J connectivity index is 2.17. The van der Waals surface area contributed by atoms with E-state index in [1.807, 2.05) is 18.2 Å². The fourth-order valence-electron chi connectivity index (χ4n) is 2.07. The molecule has 0 aliphatic rings. The summed E-state index contributed by atoms with van der Waals surface area (Å²) in [6.07, 6.45) is -0.539. The van der Waals surface area contributed by atoms with Gasteiger partial charge in [0, 0.05) is 14.8 Å². The monoisotopic (exact) mass is 320 g/mol. The van der Waals surface area contributed by atoms with Gasteiger partial charge in [-0.2, -0.15) is 0 Å². The maximum atomic E-state index is 9.60. The first-order valence-corrected chi connectivity index (χ1v) is 8.23. The second kappa shape index (κ2) is 6.43. The zero-order valence-electron chi connectivity index (χ0n) is 12.9. The zero-order chi connectivity index (χ0) is 15.6. The molecule has 2 rings (SSSR count). The van der Waals surface area contributed by atoms with Gasteiger partial charge in [0.05, 0.1) is 6.10 Å². The minimum Gasteiger partial charge on any atom is -0.389 e. The minimum atomic E-state index is -0.539. The largest absolute Gasteiger partial charge is 0.389 e. The van der Waals surface area contributed by atoms with E-state index in [2.05, 4.69) is 45.0 Å². The highest BCUT2D eigenvalue weighted by Crippen LogP contribution is 2.33. The van der Waals surface area contributed by atoms with E-state index in [0.717, 1.165) is 10.5 Å². The first kappa shape index (κ1) is 16.4. The Morgan fingerprint density at radius 2 is 1.57 bits per heavy atom. The molecule has 21 heavy (non-hydrogen) atoms. The van der Waals surface area contributed by atoms with Crippen molar-refractivity contribution in [1.29, 1.82) is 0 Å². The molecule has 0 aliphatic carbocycles. The number of benzene rings is 2. The molecule has 0 amide bonds. The number of aliphatic hydroxyl groups is 1. The normalized spacial score (nSPS) is 13.2. The second-order valence-corrected chi connectivity index (χ2v) is 7.79. The summed E-state index contributed by atoms with van der Waals surface area (Å²) in [5.41, 5.74) is 2.27. The Labute approximate surface area is 136 Å². The van der Waals surface area contributed by atoms with Crippen LogP contribution in [0.5, 0.6) is 0 Å². The molecule has 0 saturated heterocycles. The van der Waals surface area contributed by atoms with E-state index in [1.54, 1.807) is 18.7 Å². The van der Waals surface area contributed by atoms with E-state index in [4.69, 9.17) is 11.6 Å². The SMILES string of the molecule is CC(O)c1ccc(Sc2ccc(C(C)(C)C)cc2)cc1Cl. The molecule has 2 aromatic carbocycles. The predicted molar refractivity (Wildman–Crippen MR) is 91.4 cm³/mol. The molecule has 0 spiro atoms. The fraction of sp³-hybridized carbons (Fsp3) is 0.333. The van der Waals surface area contributed by atoms with E-state index in [9.17, 15) is 5.11 Å². The summed E-state index contributed by atoms with van der Waals surface area (Å²) < 4.78 is 0. The Bertz CT molecular complexity index is 612. The predicted octanol–water partition coefficient (Wildman–Crippen LogP) is 5.84. The van der Waals surface area contributed by atoms with Crippen LogP contribution in [0.4, 0.5) is 0 Å². The van der Waals surface area contributed by atoms with Gasteiger partial charge in [0.1, 0.15) is 0 Å². The third kappa shape index (κ3) is 4.26. The molecule has 112 valence electrons. The van der Waals surface area contributed by atoms with Crippen molar-refractivity contribution in [3.63, 3.8) is 0 Å². The third-order valence-electron chi connectivity index (χ3n) is 3.38. The van der Waals surface area contributed by atoms with Gasteiger partial charge in [-0.05, 0) is 47.7 Å². The second-order valence-electron chi connectivity index (χ2n) is 6.24. The molecular formula is C18H21ClOS. The van der Waals surface area contributed by atoms with E-state index < -0.39 is 6.10 Å². The van der Waals surface area contributed by atoms with Crippen LogP contribution < -0.4 is 0 Å². The zero-order valence-corrected chi connectivity index (χ0v) is 14.4. The summed E-state index contributed by atoms with van der Waals surface area (Å²) in [5, 5.41) is 10.2. The molecule has 0 aliphatic heterocycles. The maximum Gasteiger partial charge on any atom is 0.0776 e. The van der Waals surface area contributed by atoms with Crippen molar-refractivity contribution in [2.24, 2.45) is 0 Å². The van der Waals surface area contributed by atoms with Crippen LogP contribution in [-0.2, 0) is 5.41 Å². The number of aliphatic hydroxyl groups excluding tert-OH is 1. The molecule has 0 fully saturated rings. The molecule has 0 saturated carbocycles. The Morgan fingerprint density at radius 1 is 1.00 bits per heavy atom. The minimum absolute atomic E-state index is 0.172. The Hall–Kier alpha value is -0.960. The number of hydrogen-bond acceptors (Lipinski definition) is 2. The molecular weight excluding hydrogens is 300 g/mol. The molecule has 0 aromatic heterocycles. The van der Waals surface area contributed by atoms with Gasteiger partial charge in [-0.25, -0.2) is 0 Å². The van der Waals surface area contributed by atoms with Gasteiger partial charge in [0.25, 0.3) is 0 Å². The highest BCUT2D eigenvalue weighted by Gasteiger charge is 2.13. The average molecular weight is 321 g/mol. The van der Waals surface area contributed by atoms with Gasteiger partial charge in [-0.3, -0.25) is 0 Å². The van der Waals surface area contributed by atoms with Crippen LogP contribution in [0.1, 0.15) is 44.9 Å². The Morgan fingerprint density at radius 3 is 2.05 bits per heavy atom. The van der Waals surface area contributed by atoms with Crippen LogP contribution in [0.2, 0.25) is 5.02 Å². The van der Waals surface area contributed by atoms with Crippen molar-refractivity contribution in [3.05, 3.63) is 58.6 Å². The van der Waals surface area contributed by atoms with E-state index in [1.165, 1.54) is 10.5 Å². The van der Waals surface area contributed by atoms with Crippen LogP contribution in [-0.4, -0.2) is 5.11 Å². The van der Waals surface area contributed by atoms with Crippen LogP contribution in [0.15, 0.2) is 52.3 Å². The quantitative estimate of drug-likeness (QED) is 0.766. The molecule has 2 aromatic rings. The topological polar surface area (TPSA) is 20.2 Å². The van der Waals surface area contributed by atoms with E-state index in [-0.39, 0.29) is 5.41 Å². The molecule has 0 bridgehead atoms. The standard InChI is InChI=1S/C18H21ClOS/c1-12(20)16-10-9-15(11-17(16)19)21-14-7-5-13(6-8-14)18(2,3)4/h5-12,20H,1-4H3. The fourth-order valence-corrected chi connectivity index (χ4v) is 3.33. The van der Waals surface area contributed by atoms with E-state index in [0.29, 0.717) is 5.02 Å². The van der Waals surface area contributed by atoms with Gasteiger partial charge in [0.2, 0.25) is 0 Å². The van der Waals surface area contributed by atoms with Crippen molar-refractivity contribution in [3.8, 4) is 0 Å². The highest BCUT2D eigenvalue weighted by atomic mass is 35.5. The van der Waals surface area contributed by atoms with Crippen LogP contribution in [0.25, 0.3) is 0 Å². The van der Waals surface area contributed by atoms with Gasteiger partial charge in [0.15, 0.2) is 0 Å². The highest BCUT2D eigenvalue weighted by molar-refractivity contribution is 7.99. The van der Waals surface area contributed by atoms with Crippen molar-refractivity contribution >= 4 is 23.4 Å². The smallest absolute Gasteiger partial charge is 0.0776 e. The lowest BCUT2D eigenvalue weighted by atomic mass is 9.87. The summed E-state index contributed by atoms with van der Waals surface area (Å²) in [6, 6.07) is 14.4. The van der Waals surface area contributed by atoms with Crippen molar-refractivity contribution in [1.82, 2.24) is 0 Å². The molecule has 1 nitrogen and oxygen atoms in total. The summed E-state index contributed by atoms with van der Waals surface area (Å²) in [6.45, 7) is 8.36. The molecule has 1 N–H and O–H groups in total. The third-order valence-corrected chi connectivity index (χ3v) is 4.70. The summed E-state index contributed by atoms with van der Waals surface area (Å²) in [7, 11) is 0. The van der Waals surface area contributed by atoms with Crippen LogP contribution in [0, 0.1) is 0 Å². The van der Waals surface area contributed by atoms with Crippen LogP contribution >= 0.6 is 23.4 Å². The van der Waals surface area contributed by atoms with Gasteiger partial charge in [-0.15, -0.1) is 0 Å². The number of hydrogen-bond donors (Lipinski definition) is 1. The average Bonchev–Trinajstić information content (AvgIpc) is 2.38. The Kier molecular flexibility index (Phi) is 5.03. The molecule has 0 radical (unpaired) electrons. The number of halogens is 1. The van der Waals surface area contributed by atoms with Gasteiger partial charge >= 0.3 is 0 Å². The van der Waals surface area contributed by atoms with Crippen molar-refractivity contribution in [2.45, 2.75) is 49.0 Å². The first-order chi connectivity index (χ1) is 9.77. The lowest BCUT2D eigenvalue weighted by Crippen LogP contribution is -2.10. The lowest BCUT2D eigenvalue weighted by molar-refractivity contribution is 0.199. The summed E-state index contributed by atoms with van der Waals surface area (Å²) in [4.78, 5) is 2.26. The summed E-state index contributed by atoms with van der Waals surface area (Å²) >= 11 is 7.88. The molecule has 1 atom stereocenters. The number of rotatable bonds is 3. The first-order valence-electron chi connectivity index (χ1n) is 7.03. The molecule has 0 heterocycles. The van der Waals surface area contributed by atoms with Crippen LogP contribution in [0.3, 0.4) is 0 Å². The van der Waals surface area contributed by atoms with Gasteiger partial charge < -0.3 is 5.11 Å². The van der Waals surface area contributed by atoms with Gasteiger partial charge in [-0.1, -0.05) is 62.3 Å². The van der Waals surface area contributed by atoms with Crippen molar-refractivity contribution in [2.75, 3.05) is 0 Å². The van der Waals surface area contributed by atoms with Crippen molar-refractivity contribution < 1.29 is 5.11 Å². The lowest BCUT2D eigenvalue weighted by Gasteiger charge is -2.19.